The van der Waals surface area contributed by atoms with E-state index < -0.39 is 5.92 Å². The summed E-state index contributed by atoms with van der Waals surface area (Å²) in [5, 5.41) is 2.85. The molecule has 0 unspecified atom stereocenters. The molecule has 1 aliphatic rings. The summed E-state index contributed by atoms with van der Waals surface area (Å²) in [5.41, 5.74) is 1.26. The van der Waals surface area contributed by atoms with Crippen molar-refractivity contribution in [3.8, 4) is 17.2 Å². The zero-order chi connectivity index (χ0) is 19.4. The number of amides is 2. The molecule has 1 atom stereocenters. The zero-order valence-electron chi connectivity index (χ0n) is 15.5. The molecule has 2 aromatic carbocycles. The Balaban J connectivity index is 1.74. The van der Waals surface area contributed by atoms with Crippen LogP contribution in [0.4, 0.5) is 11.4 Å². The molecular formula is C20H22N2O5. The van der Waals surface area contributed by atoms with Crippen molar-refractivity contribution < 1.29 is 23.8 Å². The summed E-state index contributed by atoms with van der Waals surface area (Å²) < 4.78 is 15.7. The van der Waals surface area contributed by atoms with Gasteiger partial charge in [0.05, 0.1) is 32.9 Å². The largest absolute Gasteiger partial charge is 0.497 e. The Labute approximate surface area is 157 Å². The predicted octanol–water partition coefficient (Wildman–Crippen LogP) is 2.70. The van der Waals surface area contributed by atoms with Crippen molar-refractivity contribution in [2.45, 2.75) is 6.42 Å². The fourth-order valence-corrected chi connectivity index (χ4v) is 3.07. The topological polar surface area (TPSA) is 77.1 Å². The van der Waals surface area contributed by atoms with Crippen LogP contribution < -0.4 is 24.4 Å². The van der Waals surface area contributed by atoms with Gasteiger partial charge in [-0.2, -0.15) is 0 Å². The van der Waals surface area contributed by atoms with Gasteiger partial charge < -0.3 is 24.4 Å². The minimum atomic E-state index is -0.449. The van der Waals surface area contributed by atoms with Gasteiger partial charge in [-0.05, 0) is 24.3 Å². The summed E-state index contributed by atoms with van der Waals surface area (Å²) in [6, 6.07) is 12.3. The van der Waals surface area contributed by atoms with Crippen LogP contribution in [0.1, 0.15) is 6.42 Å². The summed E-state index contributed by atoms with van der Waals surface area (Å²) in [7, 11) is 4.66. The predicted molar refractivity (Wildman–Crippen MR) is 102 cm³/mol. The lowest BCUT2D eigenvalue weighted by Gasteiger charge is -2.20. The van der Waals surface area contributed by atoms with E-state index in [4.69, 9.17) is 14.2 Å². The van der Waals surface area contributed by atoms with E-state index in [9.17, 15) is 9.59 Å². The molecular weight excluding hydrogens is 348 g/mol. The van der Waals surface area contributed by atoms with E-state index in [0.717, 1.165) is 0 Å². The Morgan fingerprint density at radius 1 is 1.04 bits per heavy atom. The molecule has 3 rings (SSSR count). The van der Waals surface area contributed by atoms with Gasteiger partial charge in [-0.15, -0.1) is 0 Å². The molecule has 1 N–H and O–H groups in total. The maximum Gasteiger partial charge on any atom is 0.229 e. The second-order valence-corrected chi connectivity index (χ2v) is 6.16. The van der Waals surface area contributed by atoms with E-state index in [0.29, 0.717) is 28.6 Å². The molecule has 27 heavy (non-hydrogen) atoms. The normalized spacial score (nSPS) is 16.2. The molecule has 1 saturated heterocycles. The van der Waals surface area contributed by atoms with Gasteiger partial charge in [-0.3, -0.25) is 9.59 Å². The minimum absolute atomic E-state index is 0.121. The van der Waals surface area contributed by atoms with Gasteiger partial charge in [0, 0.05) is 30.8 Å². The molecule has 1 aliphatic heterocycles. The van der Waals surface area contributed by atoms with Gasteiger partial charge in [0.1, 0.15) is 17.2 Å². The first-order valence-corrected chi connectivity index (χ1v) is 8.53. The molecule has 0 spiro atoms. The van der Waals surface area contributed by atoms with Gasteiger partial charge in [0.15, 0.2) is 0 Å². The van der Waals surface area contributed by atoms with Crippen molar-refractivity contribution >= 4 is 23.2 Å². The highest BCUT2D eigenvalue weighted by Gasteiger charge is 2.36. The number of rotatable bonds is 6. The van der Waals surface area contributed by atoms with Crippen molar-refractivity contribution in [2.24, 2.45) is 5.92 Å². The van der Waals surface area contributed by atoms with E-state index in [-0.39, 0.29) is 24.8 Å². The molecule has 1 heterocycles. The number of hydrogen-bond donors (Lipinski definition) is 1. The highest BCUT2D eigenvalue weighted by molar-refractivity contribution is 6.04. The molecule has 7 heteroatoms. The second kappa shape index (κ2) is 7.99. The highest BCUT2D eigenvalue weighted by Crippen LogP contribution is 2.36. The maximum absolute atomic E-state index is 12.6. The monoisotopic (exact) mass is 370 g/mol. The van der Waals surface area contributed by atoms with Crippen molar-refractivity contribution in [3.05, 3.63) is 42.5 Å². The third-order valence-electron chi connectivity index (χ3n) is 4.51. The number of nitrogens with zero attached hydrogens (tertiary/aromatic N) is 1. The number of methoxy groups -OCH3 is 3. The van der Waals surface area contributed by atoms with Crippen LogP contribution in [0.25, 0.3) is 0 Å². The fraction of sp³-hybridized carbons (Fsp3) is 0.300. The van der Waals surface area contributed by atoms with E-state index in [1.807, 2.05) is 0 Å². The molecule has 0 aromatic heterocycles. The summed E-state index contributed by atoms with van der Waals surface area (Å²) >= 11 is 0. The highest BCUT2D eigenvalue weighted by atomic mass is 16.5. The number of anilines is 2. The van der Waals surface area contributed by atoms with Crippen LogP contribution in [-0.4, -0.2) is 39.7 Å². The SMILES string of the molecule is COc1cccc(NC(=O)[C@H]2CC(=O)N(c3ccc(OC)cc3OC)C2)c1. The lowest BCUT2D eigenvalue weighted by atomic mass is 10.1. The van der Waals surface area contributed by atoms with Gasteiger partial charge in [-0.25, -0.2) is 0 Å². The smallest absolute Gasteiger partial charge is 0.229 e. The molecule has 2 amide bonds. The average molecular weight is 370 g/mol. The van der Waals surface area contributed by atoms with Crippen LogP contribution in [0.2, 0.25) is 0 Å². The zero-order valence-corrected chi connectivity index (χ0v) is 15.5. The quantitative estimate of drug-likeness (QED) is 0.846. The number of ether oxygens (including phenoxy) is 3. The Bertz CT molecular complexity index is 852. The first-order valence-electron chi connectivity index (χ1n) is 8.53. The minimum Gasteiger partial charge on any atom is -0.497 e. The van der Waals surface area contributed by atoms with E-state index in [1.165, 1.54) is 7.11 Å². The van der Waals surface area contributed by atoms with Crippen molar-refractivity contribution in [2.75, 3.05) is 38.1 Å². The lowest BCUT2D eigenvalue weighted by Crippen LogP contribution is -2.28. The van der Waals surface area contributed by atoms with Crippen LogP contribution in [-0.2, 0) is 9.59 Å². The maximum atomic E-state index is 12.6. The van der Waals surface area contributed by atoms with Crippen LogP contribution in [0.3, 0.4) is 0 Å². The standard InChI is InChI=1S/C20H22N2O5/c1-25-15-6-4-5-14(10-15)21-20(24)13-9-19(23)22(12-13)17-8-7-16(26-2)11-18(17)27-3/h4-8,10-11,13H,9,12H2,1-3H3,(H,21,24)/t13-/m0/s1. The first kappa shape index (κ1) is 18.6. The number of hydrogen-bond acceptors (Lipinski definition) is 5. The average Bonchev–Trinajstić information content (AvgIpc) is 3.09. The molecule has 7 nitrogen and oxygen atoms in total. The molecule has 2 aromatic rings. The summed E-state index contributed by atoms with van der Waals surface area (Å²) in [5.74, 6) is 1.04. The summed E-state index contributed by atoms with van der Waals surface area (Å²) in [6.45, 7) is 0.289. The van der Waals surface area contributed by atoms with Crippen molar-refractivity contribution in [1.29, 1.82) is 0 Å². The molecule has 0 aliphatic carbocycles. The van der Waals surface area contributed by atoms with Crippen molar-refractivity contribution in [1.82, 2.24) is 0 Å². The molecule has 142 valence electrons. The Kier molecular flexibility index (Phi) is 5.49. The Morgan fingerprint density at radius 3 is 2.48 bits per heavy atom. The van der Waals surface area contributed by atoms with Crippen LogP contribution in [0.5, 0.6) is 17.2 Å². The van der Waals surface area contributed by atoms with Crippen LogP contribution in [0, 0.1) is 5.92 Å². The Hall–Kier alpha value is -3.22. The van der Waals surface area contributed by atoms with Gasteiger partial charge >= 0.3 is 0 Å². The third kappa shape index (κ3) is 3.97. The summed E-state index contributed by atoms with van der Waals surface area (Å²) in [4.78, 5) is 26.7. The lowest BCUT2D eigenvalue weighted by molar-refractivity contribution is -0.122. The van der Waals surface area contributed by atoms with Gasteiger partial charge in [-0.1, -0.05) is 6.07 Å². The molecule has 0 bridgehead atoms. The second-order valence-electron chi connectivity index (χ2n) is 6.16. The van der Waals surface area contributed by atoms with Crippen molar-refractivity contribution in [3.63, 3.8) is 0 Å². The third-order valence-corrected chi connectivity index (χ3v) is 4.51. The first-order chi connectivity index (χ1) is 13.0. The van der Waals surface area contributed by atoms with E-state index in [2.05, 4.69) is 5.32 Å². The van der Waals surface area contributed by atoms with Gasteiger partial charge in [0.25, 0.3) is 0 Å². The van der Waals surface area contributed by atoms with Crippen LogP contribution in [0.15, 0.2) is 42.5 Å². The van der Waals surface area contributed by atoms with E-state index in [1.54, 1.807) is 61.6 Å². The molecule has 0 saturated carbocycles. The fourth-order valence-electron chi connectivity index (χ4n) is 3.07. The number of carbonyl (C=O) groups is 2. The van der Waals surface area contributed by atoms with Gasteiger partial charge in [0.2, 0.25) is 11.8 Å². The number of carbonyl (C=O) groups excluding carboxylic acids is 2. The van der Waals surface area contributed by atoms with Crippen LogP contribution >= 0.6 is 0 Å². The Morgan fingerprint density at radius 2 is 1.78 bits per heavy atom. The number of nitrogens with one attached hydrogen (secondary N) is 1. The molecule has 1 fully saturated rings. The molecule has 0 radical (unpaired) electrons. The number of benzene rings is 2. The van der Waals surface area contributed by atoms with E-state index >= 15 is 0 Å². The summed E-state index contributed by atoms with van der Waals surface area (Å²) in [6.07, 6.45) is 0.144.